The van der Waals surface area contributed by atoms with Crippen LogP contribution in [0.5, 0.6) is 5.75 Å². The number of hydrogen-bond acceptors (Lipinski definition) is 3. The van der Waals surface area contributed by atoms with Crippen molar-refractivity contribution >= 4 is 11.6 Å². The molecule has 3 aromatic rings. The van der Waals surface area contributed by atoms with Crippen molar-refractivity contribution in [1.29, 1.82) is 0 Å². The summed E-state index contributed by atoms with van der Waals surface area (Å²) in [6, 6.07) is 17.1. The quantitative estimate of drug-likeness (QED) is 0.617. The first-order chi connectivity index (χ1) is 12.6. The Morgan fingerprint density at radius 1 is 1.08 bits per heavy atom. The molecule has 0 aliphatic rings. The Labute approximate surface area is 151 Å². The zero-order valence-corrected chi connectivity index (χ0v) is 14.5. The summed E-state index contributed by atoms with van der Waals surface area (Å²) < 4.78 is 23.8. The summed E-state index contributed by atoms with van der Waals surface area (Å²) in [6.45, 7) is 2.56. The zero-order chi connectivity index (χ0) is 18.4. The number of nitrogens with zero attached hydrogens (tertiary/aromatic N) is 1. The molecule has 1 amide bonds. The molecule has 0 radical (unpaired) electrons. The van der Waals surface area contributed by atoms with Gasteiger partial charge in [0.05, 0.1) is 25.8 Å². The molecule has 0 aliphatic heterocycles. The normalized spacial score (nSPS) is 10.5. The summed E-state index contributed by atoms with van der Waals surface area (Å²) in [5.41, 5.74) is 1.93. The van der Waals surface area contributed by atoms with Gasteiger partial charge in [-0.05, 0) is 55.5 Å². The summed E-state index contributed by atoms with van der Waals surface area (Å²) >= 11 is 0. The van der Waals surface area contributed by atoms with Crippen molar-refractivity contribution in [3.8, 4) is 5.75 Å². The van der Waals surface area contributed by atoms with Gasteiger partial charge in [-0.25, -0.2) is 4.39 Å². The van der Waals surface area contributed by atoms with Gasteiger partial charge < -0.3 is 14.1 Å². The molecule has 5 heteroatoms. The maximum absolute atomic E-state index is 12.9. The van der Waals surface area contributed by atoms with Crippen LogP contribution < -0.4 is 9.64 Å². The van der Waals surface area contributed by atoms with E-state index in [1.54, 1.807) is 29.4 Å². The van der Waals surface area contributed by atoms with Crippen LogP contribution in [0.4, 0.5) is 10.1 Å². The minimum Gasteiger partial charge on any atom is -0.493 e. The molecule has 0 saturated heterocycles. The van der Waals surface area contributed by atoms with Gasteiger partial charge in [0.1, 0.15) is 17.3 Å². The minimum absolute atomic E-state index is 0.0765. The topological polar surface area (TPSA) is 42.7 Å². The second kappa shape index (κ2) is 8.34. The number of halogens is 1. The Morgan fingerprint density at radius 2 is 1.81 bits per heavy atom. The molecule has 2 aromatic carbocycles. The summed E-state index contributed by atoms with van der Waals surface area (Å²) in [5, 5.41) is 0. The number of carbonyl (C=O) groups excluding carboxylic acids is 1. The molecule has 0 atom stereocenters. The van der Waals surface area contributed by atoms with Crippen molar-refractivity contribution in [2.24, 2.45) is 0 Å². The predicted molar refractivity (Wildman–Crippen MR) is 97.6 cm³/mol. The summed E-state index contributed by atoms with van der Waals surface area (Å²) in [7, 11) is 0. The maximum atomic E-state index is 12.9. The summed E-state index contributed by atoms with van der Waals surface area (Å²) in [4.78, 5) is 14.4. The van der Waals surface area contributed by atoms with E-state index in [0.29, 0.717) is 18.1 Å². The summed E-state index contributed by atoms with van der Waals surface area (Å²) in [6.07, 6.45) is 1.79. The third-order valence-electron chi connectivity index (χ3n) is 3.94. The molecule has 0 spiro atoms. The number of ether oxygens (including phenoxy) is 1. The van der Waals surface area contributed by atoms with E-state index >= 15 is 0 Å². The fourth-order valence-electron chi connectivity index (χ4n) is 2.53. The van der Waals surface area contributed by atoms with Gasteiger partial charge in [-0.2, -0.15) is 0 Å². The lowest BCUT2D eigenvalue weighted by atomic mass is 10.2. The van der Waals surface area contributed by atoms with Gasteiger partial charge in [-0.15, -0.1) is 0 Å². The average molecular weight is 353 g/mol. The van der Waals surface area contributed by atoms with E-state index < -0.39 is 0 Å². The van der Waals surface area contributed by atoms with Gasteiger partial charge in [0, 0.05) is 5.69 Å². The van der Waals surface area contributed by atoms with Crippen molar-refractivity contribution < 1.29 is 18.3 Å². The fourth-order valence-corrected chi connectivity index (χ4v) is 2.53. The van der Waals surface area contributed by atoms with Gasteiger partial charge in [0.25, 0.3) is 0 Å². The molecular weight excluding hydrogens is 333 g/mol. The molecule has 0 bridgehead atoms. The van der Waals surface area contributed by atoms with Crippen LogP contribution in [0, 0.1) is 12.7 Å². The van der Waals surface area contributed by atoms with Crippen LogP contribution in [0.3, 0.4) is 0 Å². The van der Waals surface area contributed by atoms with Crippen LogP contribution in [-0.4, -0.2) is 12.5 Å². The highest BCUT2D eigenvalue weighted by molar-refractivity contribution is 5.93. The number of anilines is 1. The Bertz CT molecular complexity index is 827. The first-order valence-corrected chi connectivity index (χ1v) is 8.39. The average Bonchev–Trinajstić information content (AvgIpc) is 3.15. The van der Waals surface area contributed by atoms with E-state index in [1.165, 1.54) is 12.1 Å². The van der Waals surface area contributed by atoms with Gasteiger partial charge in [0.15, 0.2) is 0 Å². The molecule has 0 saturated carbocycles. The SMILES string of the molecule is Cc1ccc(N(Cc2ccco2)C(=O)CCOc2ccc(F)cc2)cc1. The first-order valence-electron chi connectivity index (χ1n) is 8.39. The largest absolute Gasteiger partial charge is 0.493 e. The van der Waals surface area contributed by atoms with E-state index in [2.05, 4.69) is 0 Å². The maximum Gasteiger partial charge on any atom is 0.230 e. The van der Waals surface area contributed by atoms with Crippen LogP contribution >= 0.6 is 0 Å². The highest BCUT2D eigenvalue weighted by atomic mass is 19.1. The molecule has 0 unspecified atom stereocenters. The van der Waals surface area contributed by atoms with E-state index in [4.69, 9.17) is 9.15 Å². The van der Waals surface area contributed by atoms with Crippen LogP contribution in [0.15, 0.2) is 71.3 Å². The second-order valence-electron chi connectivity index (χ2n) is 5.95. The van der Waals surface area contributed by atoms with Crippen molar-refractivity contribution in [2.75, 3.05) is 11.5 Å². The lowest BCUT2D eigenvalue weighted by Crippen LogP contribution is -2.31. The van der Waals surface area contributed by atoms with Crippen LogP contribution in [0.25, 0.3) is 0 Å². The van der Waals surface area contributed by atoms with Gasteiger partial charge >= 0.3 is 0 Å². The molecule has 0 N–H and O–H groups in total. The summed E-state index contributed by atoms with van der Waals surface area (Å²) in [5.74, 6) is 0.843. The van der Waals surface area contributed by atoms with Gasteiger partial charge in [0.2, 0.25) is 5.91 Å². The number of rotatable bonds is 7. The van der Waals surface area contributed by atoms with Crippen molar-refractivity contribution in [3.05, 3.63) is 84.1 Å². The monoisotopic (exact) mass is 353 g/mol. The number of carbonyl (C=O) groups is 1. The fraction of sp³-hybridized carbons (Fsp3) is 0.190. The Hall–Kier alpha value is -3.08. The van der Waals surface area contributed by atoms with Crippen LogP contribution in [-0.2, 0) is 11.3 Å². The number of benzene rings is 2. The molecule has 0 aliphatic carbocycles. The Balaban J connectivity index is 1.65. The molecule has 1 aromatic heterocycles. The van der Waals surface area contributed by atoms with Crippen molar-refractivity contribution in [2.45, 2.75) is 19.9 Å². The predicted octanol–water partition coefficient (Wildman–Crippen LogP) is 4.73. The molecular formula is C21H20FNO3. The van der Waals surface area contributed by atoms with E-state index in [9.17, 15) is 9.18 Å². The third-order valence-corrected chi connectivity index (χ3v) is 3.94. The third kappa shape index (κ3) is 4.72. The highest BCUT2D eigenvalue weighted by Gasteiger charge is 2.17. The highest BCUT2D eigenvalue weighted by Crippen LogP contribution is 2.20. The lowest BCUT2D eigenvalue weighted by molar-refractivity contribution is -0.119. The number of furan rings is 1. The van der Waals surface area contributed by atoms with E-state index in [0.717, 1.165) is 11.3 Å². The van der Waals surface area contributed by atoms with Crippen LogP contribution in [0.1, 0.15) is 17.7 Å². The smallest absolute Gasteiger partial charge is 0.230 e. The van der Waals surface area contributed by atoms with Crippen molar-refractivity contribution in [1.82, 2.24) is 0 Å². The Morgan fingerprint density at radius 3 is 2.46 bits per heavy atom. The van der Waals surface area contributed by atoms with Crippen LogP contribution in [0.2, 0.25) is 0 Å². The molecule has 26 heavy (non-hydrogen) atoms. The van der Waals surface area contributed by atoms with Gasteiger partial charge in [-0.1, -0.05) is 17.7 Å². The van der Waals surface area contributed by atoms with Crippen molar-refractivity contribution in [3.63, 3.8) is 0 Å². The zero-order valence-electron chi connectivity index (χ0n) is 14.5. The number of aryl methyl sites for hydroxylation is 1. The van der Waals surface area contributed by atoms with Gasteiger partial charge in [-0.3, -0.25) is 4.79 Å². The van der Waals surface area contributed by atoms with E-state index in [-0.39, 0.29) is 24.8 Å². The Kier molecular flexibility index (Phi) is 5.69. The second-order valence-corrected chi connectivity index (χ2v) is 5.95. The lowest BCUT2D eigenvalue weighted by Gasteiger charge is -2.22. The molecule has 134 valence electrons. The van der Waals surface area contributed by atoms with E-state index in [1.807, 2.05) is 37.3 Å². The molecule has 4 nitrogen and oxygen atoms in total. The first kappa shape index (κ1) is 17.7. The molecule has 0 fully saturated rings. The molecule has 3 rings (SSSR count). The standard InChI is InChI=1S/C21H20FNO3/c1-16-4-8-18(9-5-16)23(15-20-3-2-13-25-20)21(24)12-14-26-19-10-6-17(22)7-11-19/h2-11,13H,12,14-15H2,1H3. The molecule has 1 heterocycles. The number of hydrogen-bond donors (Lipinski definition) is 0. The minimum atomic E-state index is -0.322. The number of amides is 1.